The summed E-state index contributed by atoms with van der Waals surface area (Å²) in [6.45, 7) is 0. The fourth-order valence-corrected chi connectivity index (χ4v) is 2.91. The maximum Gasteiger partial charge on any atom is 0.511 e. The minimum atomic E-state index is -1.43. The van der Waals surface area contributed by atoms with Crippen LogP contribution in [0.25, 0.3) is 22.1 Å². The summed E-state index contributed by atoms with van der Waals surface area (Å²) in [6.07, 6.45) is -2.50. The zero-order chi connectivity index (χ0) is 19.3. The SMILES string of the molecule is COC(=O)OC1Oc2ccccc2-c2c1oc1cc(O)c(O)c(O)c1c2=O. The van der Waals surface area contributed by atoms with E-state index in [0.29, 0.717) is 5.56 Å². The number of aromatic hydroxyl groups is 3. The molecule has 0 amide bonds. The van der Waals surface area contributed by atoms with Crippen LogP contribution in [0.3, 0.4) is 0 Å². The standard InChI is InChI=1S/C18H12O9/c1-24-18(23)27-17-16-11(7-4-2-3-5-9(7)26-17)14(21)12-10(25-16)6-8(19)13(20)15(12)22/h2-6,17,19-20,22H,1H3. The van der Waals surface area contributed by atoms with E-state index in [1.807, 2.05) is 0 Å². The highest BCUT2D eigenvalue weighted by atomic mass is 16.8. The van der Waals surface area contributed by atoms with Gasteiger partial charge in [0.05, 0.1) is 12.7 Å². The summed E-state index contributed by atoms with van der Waals surface area (Å²) >= 11 is 0. The van der Waals surface area contributed by atoms with Gasteiger partial charge in [-0.2, -0.15) is 0 Å². The van der Waals surface area contributed by atoms with Crippen LogP contribution in [-0.2, 0) is 9.47 Å². The summed E-state index contributed by atoms with van der Waals surface area (Å²) in [7, 11) is 1.11. The largest absolute Gasteiger partial charge is 0.511 e. The van der Waals surface area contributed by atoms with Gasteiger partial charge in [0.25, 0.3) is 0 Å². The molecule has 0 spiro atoms. The lowest BCUT2D eigenvalue weighted by atomic mass is 9.98. The first kappa shape index (κ1) is 16.6. The number of methoxy groups -OCH3 is 1. The Morgan fingerprint density at radius 1 is 1.15 bits per heavy atom. The van der Waals surface area contributed by atoms with Crippen molar-refractivity contribution in [1.82, 2.24) is 0 Å². The average molecular weight is 372 g/mol. The number of carbonyl (C=O) groups is 1. The van der Waals surface area contributed by atoms with Crippen LogP contribution in [0.15, 0.2) is 39.5 Å². The first-order chi connectivity index (χ1) is 12.9. The summed E-state index contributed by atoms with van der Waals surface area (Å²) in [5, 5.41) is 29.2. The van der Waals surface area contributed by atoms with Crippen molar-refractivity contribution in [3.63, 3.8) is 0 Å². The normalized spacial score (nSPS) is 14.8. The highest BCUT2D eigenvalue weighted by Crippen LogP contribution is 2.45. The molecular weight excluding hydrogens is 360 g/mol. The molecule has 138 valence electrons. The molecule has 0 aliphatic carbocycles. The molecule has 0 radical (unpaired) electrons. The van der Waals surface area contributed by atoms with Gasteiger partial charge in [0.2, 0.25) is 11.2 Å². The van der Waals surface area contributed by atoms with Gasteiger partial charge >= 0.3 is 12.4 Å². The molecule has 4 rings (SSSR count). The number of hydrogen-bond donors (Lipinski definition) is 3. The van der Waals surface area contributed by atoms with Crippen molar-refractivity contribution in [2.24, 2.45) is 0 Å². The lowest BCUT2D eigenvalue weighted by Crippen LogP contribution is -2.24. The van der Waals surface area contributed by atoms with E-state index in [-0.39, 0.29) is 28.0 Å². The maximum absolute atomic E-state index is 13.1. The van der Waals surface area contributed by atoms with Gasteiger partial charge in [-0.1, -0.05) is 18.2 Å². The second-order valence-electron chi connectivity index (χ2n) is 5.65. The van der Waals surface area contributed by atoms with E-state index in [0.717, 1.165) is 13.2 Å². The predicted molar refractivity (Wildman–Crippen MR) is 89.8 cm³/mol. The third-order valence-corrected chi connectivity index (χ3v) is 4.11. The molecule has 9 nitrogen and oxygen atoms in total. The van der Waals surface area contributed by atoms with Gasteiger partial charge in [0.1, 0.15) is 16.7 Å². The fraction of sp³-hybridized carbons (Fsp3) is 0.111. The van der Waals surface area contributed by atoms with Gasteiger partial charge in [-0.25, -0.2) is 4.79 Å². The van der Waals surface area contributed by atoms with E-state index < -0.39 is 35.1 Å². The zero-order valence-electron chi connectivity index (χ0n) is 13.8. The van der Waals surface area contributed by atoms with Crippen LogP contribution < -0.4 is 10.2 Å². The Balaban J connectivity index is 2.08. The smallest absolute Gasteiger partial charge is 0.504 e. The Bertz CT molecular complexity index is 1150. The Labute approximate surface area is 150 Å². The monoisotopic (exact) mass is 372 g/mol. The number of carbonyl (C=O) groups excluding carboxylic acids is 1. The van der Waals surface area contributed by atoms with Crippen LogP contribution in [-0.4, -0.2) is 28.6 Å². The van der Waals surface area contributed by atoms with Gasteiger partial charge < -0.3 is 33.9 Å². The quantitative estimate of drug-likeness (QED) is 0.435. The van der Waals surface area contributed by atoms with Crippen molar-refractivity contribution in [1.29, 1.82) is 0 Å². The van der Waals surface area contributed by atoms with Crippen LogP contribution in [0, 0.1) is 0 Å². The topological polar surface area (TPSA) is 136 Å². The number of ether oxygens (including phenoxy) is 3. The summed E-state index contributed by atoms with van der Waals surface area (Å²) < 4.78 is 20.7. The Morgan fingerprint density at radius 3 is 2.63 bits per heavy atom. The third kappa shape index (κ3) is 2.40. The molecule has 3 aromatic rings. The molecule has 1 unspecified atom stereocenters. The van der Waals surface area contributed by atoms with E-state index in [1.54, 1.807) is 24.3 Å². The molecule has 2 aromatic carbocycles. The Kier molecular flexibility index (Phi) is 3.58. The van der Waals surface area contributed by atoms with Crippen molar-refractivity contribution in [2.45, 2.75) is 6.29 Å². The van der Waals surface area contributed by atoms with Crippen LogP contribution in [0.1, 0.15) is 12.1 Å². The molecule has 1 atom stereocenters. The minimum absolute atomic E-state index is 0.0151. The Hall–Kier alpha value is -3.88. The zero-order valence-corrected chi connectivity index (χ0v) is 13.8. The van der Waals surface area contributed by atoms with Gasteiger partial charge in [-0.3, -0.25) is 4.79 Å². The minimum Gasteiger partial charge on any atom is -0.504 e. The number of rotatable bonds is 1. The van der Waals surface area contributed by atoms with Gasteiger partial charge in [-0.15, -0.1) is 0 Å². The molecular formula is C18H12O9. The van der Waals surface area contributed by atoms with Crippen molar-refractivity contribution >= 4 is 17.1 Å². The molecule has 0 fully saturated rings. The van der Waals surface area contributed by atoms with Crippen LogP contribution in [0.4, 0.5) is 4.79 Å². The highest BCUT2D eigenvalue weighted by molar-refractivity contribution is 5.92. The lowest BCUT2D eigenvalue weighted by molar-refractivity contribution is -0.0741. The molecule has 3 N–H and O–H groups in total. The number of hydrogen-bond acceptors (Lipinski definition) is 9. The lowest BCUT2D eigenvalue weighted by Gasteiger charge is -2.26. The summed E-state index contributed by atoms with van der Waals surface area (Å²) in [4.78, 5) is 24.6. The molecule has 0 saturated heterocycles. The van der Waals surface area contributed by atoms with Crippen molar-refractivity contribution in [3.8, 4) is 34.1 Å². The highest BCUT2D eigenvalue weighted by Gasteiger charge is 2.35. The molecule has 1 aliphatic heterocycles. The molecule has 0 bridgehead atoms. The van der Waals surface area contributed by atoms with Crippen molar-refractivity contribution in [3.05, 3.63) is 46.3 Å². The molecule has 9 heteroatoms. The second kappa shape index (κ2) is 5.84. The number of fused-ring (bicyclic) bond motifs is 4. The summed E-state index contributed by atoms with van der Waals surface area (Å²) in [6, 6.07) is 7.42. The van der Waals surface area contributed by atoms with Crippen molar-refractivity contribution in [2.75, 3.05) is 7.11 Å². The fourth-order valence-electron chi connectivity index (χ4n) is 2.91. The number of phenolic OH excluding ortho intramolecular Hbond substituents is 3. The van der Waals surface area contributed by atoms with E-state index >= 15 is 0 Å². The van der Waals surface area contributed by atoms with Gasteiger partial charge in [-0.05, 0) is 6.07 Å². The maximum atomic E-state index is 13.1. The van der Waals surface area contributed by atoms with Crippen LogP contribution in [0.2, 0.25) is 0 Å². The third-order valence-electron chi connectivity index (χ3n) is 4.11. The average Bonchev–Trinajstić information content (AvgIpc) is 2.66. The molecule has 2 heterocycles. The van der Waals surface area contributed by atoms with E-state index in [9.17, 15) is 24.9 Å². The van der Waals surface area contributed by atoms with E-state index in [1.165, 1.54) is 0 Å². The summed E-state index contributed by atoms with van der Waals surface area (Å²) in [5.41, 5.74) is -0.597. The number of phenols is 3. The van der Waals surface area contributed by atoms with Crippen molar-refractivity contribution < 1.29 is 38.7 Å². The first-order valence-electron chi connectivity index (χ1n) is 7.67. The molecule has 27 heavy (non-hydrogen) atoms. The molecule has 1 aliphatic rings. The van der Waals surface area contributed by atoms with E-state index in [4.69, 9.17) is 13.9 Å². The molecule has 0 saturated carbocycles. The Morgan fingerprint density at radius 2 is 1.89 bits per heavy atom. The van der Waals surface area contributed by atoms with Gasteiger partial charge in [0, 0.05) is 11.6 Å². The number of para-hydroxylation sites is 1. The predicted octanol–water partition coefficient (Wildman–Crippen LogP) is 2.75. The van der Waals surface area contributed by atoms with E-state index in [2.05, 4.69) is 4.74 Å². The second-order valence-corrected chi connectivity index (χ2v) is 5.65. The molecule has 1 aromatic heterocycles. The summed E-state index contributed by atoms with van der Waals surface area (Å²) in [5.74, 6) is -2.27. The number of benzene rings is 2. The first-order valence-corrected chi connectivity index (χ1v) is 7.67. The van der Waals surface area contributed by atoms with Crippen LogP contribution >= 0.6 is 0 Å². The van der Waals surface area contributed by atoms with Crippen LogP contribution in [0.5, 0.6) is 23.0 Å². The van der Waals surface area contributed by atoms with Gasteiger partial charge in [0.15, 0.2) is 17.3 Å².